The van der Waals surface area contributed by atoms with Crippen LogP contribution in [0, 0.1) is 5.92 Å². The minimum Gasteiger partial charge on any atom is -0.481 e. The number of aliphatic carboxylic acids is 1. The third-order valence-electron chi connectivity index (χ3n) is 4.39. The molecule has 0 atom stereocenters. The van der Waals surface area contributed by atoms with Crippen molar-refractivity contribution in [3.8, 4) is 0 Å². The SMILES string of the molecule is CCCc1sc(C(=O)NC2CCC(C(=O)O)CC2)cc1CC. The normalized spacial score (nSPS) is 21.5. The number of rotatable bonds is 6. The van der Waals surface area contributed by atoms with Gasteiger partial charge < -0.3 is 10.4 Å². The van der Waals surface area contributed by atoms with E-state index in [1.165, 1.54) is 10.4 Å². The van der Waals surface area contributed by atoms with Gasteiger partial charge in [-0.1, -0.05) is 20.3 Å². The molecule has 122 valence electrons. The van der Waals surface area contributed by atoms with Crippen LogP contribution in [0.3, 0.4) is 0 Å². The molecule has 0 unspecified atom stereocenters. The van der Waals surface area contributed by atoms with E-state index in [1.807, 2.05) is 6.07 Å². The Morgan fingerprint density at radius 3 is 2.50 bits per heavy atom. The summed E-state index contributed by atoms with van der Waals surface area (Å²) in [5, 5.41) is 12.1. The number of amides is 1. The van der Waals surface area contributed by atoms with Crippen molar-refractivity contribution in [1.29, 1.82) is 0 Å². The first-order valence-corrected chi connectivity index (χ1v) is 9.02. The molecule has 1 amide bonds. The molecule has 2 N–H and O–H groups in total. The molecule has 0 bridgehead atoms. The molecule has 22 heavy (non-hydrogen) atoms. The molecule has 1 aromatic rings. The smallest absolute Gasteiger partial charge is 0.306 e. The summed E-state index contributed by atoms with van der Waals surface area (Å²) in [4.78, 5) is 25.5. The van der Waals surface area contributed by atoms with Gasteiger partial charge in [0.15, 0.2) is 0 Å². The molecule has 0 spiro atoms. The Bertz CT molecular complexity index is 530. The van der Waals surface area contributed by atoms with Crippen LogP contribution in [-0.2, 0) is 17.6 Å². The summed E-state index contributed by atoms with van der Waals surface area (Å²) >= 11 is 1.60. The molecule has 1 heterocycles. The van der Waals surface area contributed by atoms with Crippen molar-refractivity contribution < 1.29 is 14.7 Å². The zero-order chi connectivity index (χ0) is 16.1. The van der Waals surface area contributed by atoms with Gasteiger partial charge in [0.2, 0.25) is 0 Å². The maximum absolute atomic E-state index is 12.4. The van der Waals surface area contributed by atoms with E-state index < -0.39 is 5.97 Å². The number of thiophene rings is 1. The summed E-state index contributed by atoms with van der Waals surface area (Å²) < 4.78 is 0. The van der Waals surface area contributed by atoms with Gasteiger partial charge in [0.1, 0.15) is 0 Å². The lowest BCUT2D eigenvalue weighted by molar-refractivity contribution is -0.142. The fraction of sp³-hybridized carbons (Fsp3) is 0.647. The van der Waals surface area contributed by atoms with Crippen LogP contribution in [-0.4, -0.2) is 23.0 Å². The first-order valence-electron chi connectivity index (χ1n) is 8.20. The lowest BCUT2D eigenvalue weighted by atomic mass is 9.86. The Labute approximate surface area is 135 Å². The van der Waals surface area contributed by atoms with Gasteiger partial charge in [0.05, 0.1) is 10.8 Å². The monoisotopic (exact) mass is 323 g/mol. The maximum atomic E-state index is 12.4. The second-order valence-electron chi connectivity index (χ2n) is 6.02. The van der Waals surface area contributed by atoms with Crippen molar-refractivity contribution in [3.05, 3.63) is 21.4 Å². The number of aryl methyl sites for hydroxylation is 2. The quantitative estimate of drug-likeness (QED) is 0.840. The number of nitrogens with one attached hydrogen (secondary N) is 1. The van der Waals surface area contributed by atoms with Gasteiger partial charge in [0.25, 0.3) is 5.91 Å². The summed E-state index contributed by atoms with van der Waals surface area (Å²) in [7, 11) is 0. The van der Waals surface area contributed by atoms with Gasteiger partial charge in [-0.3, -0.25) is 9.59 Å². The van der Waals surface area contributed by atoms with E-state index in [0.717, 1.165) is 37.0 Å². The molecule has 1 saturated carbocycles. The minimum atomic E-state index is -0.708. The predicted octanol–water partition coefficient (Wildman–Crippen LogP) is 3.64. The molecule has 1 aliphatic carbocycles. The minimum absolute atomic E-state index is 0.000767. The van der Waals surface area contributed by atoms with Crippen molar-refractivity contribution in [2.75, 3.05) is 0 Å². The first kappa shape index (κ1) is 17.0. The molecule has 0 aromatic carbocycles. The fourth-order valence-corrected chi connectivity index (χ4v) is 4.32. The average Bonchev–Trinajstić information content (AvgIpc) is 2.91. The zero-order valence-electron chi connectivity index (χ0n) is 13.4. The predicted molar refractivity (Wildman–Crippen MR) is 88.5 cm³/mol. The van der Waals surface area contributed by atoms with Gasteiger partial charge in [0, 0.05) is 10.9 Å². The Morgan fingerprint density at radius 2 is 1.95 bits per heavy atom. The molecule has 5 heteroatoms. The molecular formula is C17H25NO3S. The molecule has 0 aliphatic heterocycles. The second-order valence-corrected chi connectivity index (χ2v) is 7.16. The van der Waals surface area contributed by atoms with Crippen LogP contribution in [0.1, 0.15) is 66.1 Å². The van der Waals surface area contributed by atoms with Crippen molar-refractivity contribution in [2.24, 2.45) is 5.92 Å². The van der Waals surface area contributed by atoms with Crippen LogP contribution in [0.25, 0.3) is 0 Å². The van der Waals surface area contributed by atoms with Gasteiger partial charge >= 0.3 is 5.97 Å². The topological polar surface area (TPSA) is 66.4 Å². The summed E-state index contributed by atoms with van der Waals surface area (Å²) in [5.41, 5.74) is 1.28. The van der Waals surface area contributed by atoms with Crippen LogP contribution >= 0.6 is 11.3 Å². The van der Waals surface area contributed by atoms with Gasteiger partial charge in [-0.05, 0) is 50.2 Å². The van der Waals surface area contributed by atoms with Crippen LogP contribution < -0.4 is 5.32 Å². The van der Waals surface area contributed by atoms with Gasteiger partial charge in [-0.25, -0.2) is 0 Å². The number of carboxylic acid groups (broad SMARTS) is 1. The summed E-state index contributed by atoms with van der Waals surface area (Å²) in [5.74, 6) is -0.946. The molecule has 2 rings (SSSR count). The van der Waals surface area contributed by atoms with Crippen LogP contribution in [0.2, 0.25) is 0 Å². The van der Waals surface area contributed by atoms with E-state index in [-0.39, 0.29) is 17.9 Å². The molecule has 4 nitrogen and oxygen atoms in total. The van der Waals surface area contributed by atoms with Gasteiger partial charge in [-0.15, -0.1) is 11.3 Å². The standard InChI is InChI=1S/C17H25NO3S/c1-3-5-14-11(4-2)10-15(22-14)16(19)18-13-8-6-12(7-9-13)17(20)21/h10,12-13H,3-9H2,1-2H3,(H,18,19)(H,20,21). The highest BCUT2D eigenvalue weighted by molar-refractivity contribution is 7.14. The molecule has 1 aliphatic rings. The van der Waals surface area contributed by atoms with Crippen LogP contribution in [0.15, 0.2) is 6.07 Å². The van der Waals surface area contributed by atoms with Gasteiger partial charge in [-0.2, -0.15) is 0 Å². The van der Waals surface area contributed by atoms with Crippen molar-refractivity contribution in [1.82, 2.24) is 5.32 Å². The van der Waals surface area contributed by atoms with Crippen molar-refractivity contribution >= 4 is 23.2 Å². The molecule has 1 fully saturated rings. The van der Waals surface area contributed by atoms with E-state index in [2.05, 4.69) is 19.2 Å². The van der Waals surface area contributed by atoms with E-state index in [0.29, 0.717) is 12.8 Å². The molecule has 1 aromatic heterocycles. The van der Waals surface area contributed by atoms with Crippen molar-refractivity contribution in [3.63, 3.8) is 0 Å². The average molecular weight is 323 g/mol. The largest absolute Gasteiger partial charge is 0.481 e. The van der Waals surface area contributed by atoms with E-state index in [9.17, 15) is 9.59 Å². The second kappa shape index (κ2) is 7.77. The lowest BCUT2D eigenvalue weighted by Gasteiger charge is -2.26. The number of hydrogen-bond acceptors (Lipinski definition) is 3. The highest BCUT2D eigenvalue weighted by Crippen LogP contribution is 2.27. The Kier molecular flexibility index (Phi) is 6.00. The highest BCUT2D eigenvalue weighted by atomic mass is 32.1. The van der Waals surface area contributed by atoms with Crippen LogP contribution in [0.4, 0.5) is 0 Å². The Hall–Kier alpha value is -1.36. The number of carboxylic acids is 1. The zero-order valence-corrected chi connectivity index (χ0v) is 14.2. The summed E-state index contributed by atoms with van der Waals surface area (Å²) in [6, 6.07) is 2.14. The summed E-state index contributed by atoms with van der Waals surface area (Å²) in [6.07, 6.45) is 5.92. The lowest BCUT2D eigenvalue weighted by Crippen LogP contribution is -2.38. The first-order chi connectivity index (χ1) is 10.5. The number of hydrogen-bond donors (Lipinski definition) is 2. The summed E-state index contributed by atoms with van der Waals surface area (Å²) in [6.45, 7) is 4.27. The fourth-order valence-electron chi connectivity index (χ4n) is 3.06. The van der Waals surface area contributed by atoms with E-state index in [1.54, 1.807) is 11.3 Å². The molecule has 0 radical (unpaired) electrons. The number of carbonyl (C=O) groups excluding carboxylic acids is 1. The van der Waals surface area contributed by atoms with Crippen molar-refractivity contribution in [2.45, 2.75) is 64.8 Å². The molecular weight excluding hydrogens is 298 g/mol. The Balaban J connectivity index is 1.94. The Morgan fingerprint density at radius 1 is 1.27 bits per heavy atom. The van der Waals surface area contributed by atoms with E-state index in [4.69, 9.17) is 5.11 Å². The maximum Gasteiger partial charge on any atom is 0.306 e. The van der Waals surface area contributed by atoms with Crippen LogP contribution in [0.5, 0.6) is 0 Å². The number of carbonyl (C=O) groups is 2. The van der Waals surface area contributed by atoms with E-state index >= 15 is 0 Å². The third kappa shape index (κ3) is 4.09. The highest BCUT2D eigenvalue weighted by Gasteiger charge is 2.27. The third-order valence-corrected chi connectivity index (χ3v) is 5.63. The molecule has 0 saturated heterocycles.